The van der Waals surface area contributed by atoms with E-state index in [4.69, 9.17) is 9.97 Å². The average Bonchev–Trinajstić information content (AvgIpc) is 2.81. The van der Waals surface area contributed by atoms with Crippen molar-refractivity contribution in [2.24, 2.45) is 0 Å². The minimum atomic E-state index is 0.668. The molecule has 0 saturated carbocycles. The third-order valence-electron chi connectivity index (χ3n) is 4.75. The number of nitrogens with zero attached hydrogens (tertiary/aromatic N) is 3. The van der Waals surface area contributed by atoms with Crippen molar-refractivity contribution in [1.29, 1.82) is 0 Å². The molecule has 0 radical (unpaired) electrons. The van der Waals surface area contributed by atoms with Crippen LogP contribution in [-0.2, 0) is 0 Å². The van der Waals surface area contributed by atoms with Gasteiger partial charge in [0.25, 0.3) is 0 Å². The van der Waals surface area contributed by atoms with Crippen LogP contribution in [0, 0.1) is 0 Å². The highest BCUT2D eigenvalue weighted by Gasteiger charge is 2.09. The van der Waals surface area contributed by atoms with Crippen LogP contribution in [0.3, 0.4) is 0 Å². The summed E-state index contributed by atoms with van der Waals surface area (Å²) in [7, 11) is 0. The Morgan fingerprint density at radius 2 is 1.17 bits per heavy atom. The van der Waals surface area contributed by atoms with Crippen molar-refractivity contribution in [3.63, 3.8) is 0 Å². The fraction of sp³-hybridized carbons (Fsp3) is 0. The molecular weight excluding hydrogens is 370 g/mol. The molecule has 2 heterocycles. The summed E-state index contributed by atoms with van der Waals surface area (Å²) in [6.07, 6.45) is 3.50. The van der Waals surface area contributed by atoms with Crippen LogP contribution < -0.4 is 10.6 Å². The summed E-state index contributed by atoms with van der Waals surface area (Å²) in [6, 6.07) is 30.1. The summed E-state index contributed by atoms with van der Waals surface area (Å²) in [5, 5.41) is 7.82. The van der Waals surface area contributed by atoms with E-state index in [-0.39, 0.29) is 0 Å². The first kappa shape index (κ1) is 17.8. The van der Waals surface area contributed by atoms with Gasteiger partial charge < -0.3 is 10.6 Å². The van der Waals surface area contributed by atoms with Crippen LogP contribution in [0.5, 0.6) is 0 Å². The highest BCUT2D eigenvalue weighted by atomic mass is 15.0. The number of benzene rings is 3. The molecule has 0 aliphatic rings. The number of hydrogen-bond acceptors (Lipinski definition) is 5. The van der Waals surface area contributed by atoms with Crippen molar-refractivity contribution >= 4 is 33.8 Å². The molecule has 0 saturated heterocycles. The van der Waals surface area contributed by atoms with Gasteiger partial charge in [-0.25, -0.2) is 9.97 Å². The number of para-hydroxylation sites is 2. The molecule has 0 unspecified atom stereocenters. The minimum Gasteiger partial charge on any atom is -0.356 e. The third kappa shape index (κ3) is 3.82. The predicted molar refractivity (Wildman–Crippen MR) is 122 cm³/mol. The number of pyridine rings is 1. The summed E-state index contributed by atoms with van der Waals surface area (Å²) >= 11 is 0. The molecule has 0 aliphatic heterocycles. The second-order valence-electron chi connectivity index (χ2n) is 6.84. The lowest BCUT2D eigenvalue weighted by atomic mass is 10.2. The van der Waals surface area contributed by atoms with Crippen molar-refractivity contribution in [3.8, 4) is 11.4 Å². The van der Waals surface area contributed by atoms with Crippen molar-refractivity contribution in [2.45, 2.75) is 0 Å². The first-order valence-corrected chi connectivity index (χ1v) is 9.71. The summed E-state index contributed by atoms with van der Waals surface area (Å²) in [5.74, 6) is 1.44. The van der Waals surface area contributed by atoms with E-state index in [0.717, 1.165) is 39.3 Å². The molecule has 0 spiro atoms. The summed E-state index contributed by atoms with van der Waals surface area (Å²) < 4.78 is 0. The Labute approximate surface area is 174 Å². The topological polar surface area (TPSA) is 62.7 Å². The Kier molecular flexibility index (Phi) is 4.76. The van der Waals surface area contributed by atoms with E-state index in [9.17, 15) is 0 Å². The molecule has 5 heteroatoms. The molecule has 0 fully saturated rings. The van der Waals surface area contributed by atoms with Crippen molar-refractivity contribution in [2.75, 3.05) is 10.6 Å². The van der Waals surface area contributed by atoms with Gasteiger partial charge in [-0.05, 0) is 60.7 Å². The SMILES string of the molecule is c1ccc(Nc2ccc(Nc3nc(-c4ccncc4)nc4ccccc34)cc2)cc1. The Hall–Kier alpha value is -4.25. The number of rotatable bonds is 5. The second kappa shape index (κ2) is 8.01. The number of hydrogen-bond donors (Lipinski definition) is 2. The Bertz CT molecular complexity index is 1270. The molecule has 5 aromatic rings. The largest absolute Gasteiger partial charge is 0.356 e. The molecule has 2 N–H and O–H groups in total. The predicted octanol–water partition coefficient (Wildman–Crippen LogP) is 6.18. The van der Waals surface area contributed by atoms with Crippen LogP contribution in [0.4, 0.5) is 22.9 Å². The van der Waals surface area contributed by atoms with E-state index in [1.807, 2.05) is 91.0 Å². The minimum absolute atomic E-state index is 0.668. The van der Waals surface area contributed by atoms with Gasteiger partial charge in [0.15, 0.2) is 5.82 Å². The van der Waals surface area contributed by atoms with Gasteiger partial charge in [-0.3, -0.25) is 4.98 Å². The van der Waals surface area contributed by atoms with E-state index < -0.39 is 0 Å². The number of anilines is 4. The molecule has 3 aromatic carbocycles. The second-order valence-corrected chi connectivity index (χ2v) is 6.84. The molecule has 0 atom stereocenters. The van der Waals surface area contributed by atoms with Gasteiger partial charge in [0.05, 0.1) is 5.52 Å². The van der Waals surface area contributed by atoms with Crippen LogP contribution in [-0.4, -0.2) is 15.0 Å². The third-order valence-corrected chi connectivity index (χ3v) is 4.75. The lowest BCUT2D eigenvalue weighted by Crippen LogP contribution is -1.99. The smallest absolute Gasteiger partial charge is 0.162 e. The molecule has 0 bridgehead atoms. The first-order valence-electron chi connectivity index (χ1n) is 9.71. The molecule has 2 aromatic heterocycles. The highest BCUT2D eigenvalue weighted by molar-refractivity contribution is 5.92. The van der Waals surface area contributed by atoms with Crippen molar-refractivity contribution < 1.29 is 0 Å². The van der Waals surface area contributed by atoms with E-state index in [0.29, 0.717) is 5.82 Å². The molecule has 5 rings (SSSR count). The quantitative estimate of drug-likeness (QED) is 0.376. The summed E-state index contributed by atoms with van der Waals surface area (Å²) in [6.45, 7) is 0. The van der Waals surface area contributed by atoms with Crippen molar-refractivity contribution in [1.82, 2.24) is 15.0 Å². The monoisotopic (exact) mass is 389 g/mol. The van der Waals surface area contributed by atoms with Gasteiger partial charge in [0.1, 0.15) is 5.82 Å². The van der Waals surface area contributed by atoms with Gasteiger partial charge in [-0.2, -0.15) is 0 Å². The molecule has 5 nitrogen and oxygen atoms in total. The molecule has 30 heavy (non-hydrogen) atoms. The normalized spacial score (nSPS) is 10.7. The Balaban J connectivity index is 1.46. The summed E-state index contributed by atoms with van der Waals surface area (Å²) in [4.78, 5) is 13.6. The van der Waals surface area contributed by atoms with Crippen LogP contribution in [0.2, 0.25) is 0 Å². The van der Waals surface area contributed by atoms with Gasteiger partial charge in [0.2, 0.25) is 0 Å². The van der Waals surface area contributed by atoms with Gasteiger partial charge in [-0.1, -0.05) is 30.3 Å². The van der Waals surface area contributed by atoms with Crippen LogP contribution in [0.15, 0.2) is 103 Å². The first-order chi connectivity index (χ1) is 14.8. The fourth-order valence-corrected chi connectivity index (χ4v) is 3.26. The average molecular weight is 389 g/mol. The number of nitrogens with one attached hydrogen (secondary N) is 2. The lowest BCUT2D eigenvalue weighted by molar-refractivity contribution is 1.21. The highest BCUT2D eigenvalue weighted by Crippen LogP contribution is 2.28. The number of aromatic nitrogens is 3. The number of fused-ring (bicyclic) bond motifs is 1. The molecule has 0 amide bonds. The van der Waals surface area contributed by atoms with Crippen LogP contribution >= 0.6 is 0 Å². The van der Waals surface area contributed by atoms with E-state index in [2.05, 4.69) is 15.6 Å². The fourth-order valence-electron chi connectivity index (χ4n) is 3.26. The lowest BCUT2D eigenvalue weighted by Gasteiger charge is -2.12. The van der Waals surface area contributed by atoms with Crippen LogP contribution in [0.1, 0.15) is 0 Å². The zero-order valence-corrected chi connectivity index (χ0v) is 16.2. The van der Waals surface area contributed by atoms with E-state index in [1.54, 1.807) is 12.4 Å². The summed E-state index contributed by atoms with van der Waals surface area (Å²) in [5.41, 5.74) is 4.86. The maximum Gasteiger partial charge on any atom is 0.162 e. The molecule has 0 aliphatic carbocycles. The zero-order valence-electron chi connectivity index (χ0n) is 16.2. The van der Waals surface area contributed by atoms with Gasteiger partial charge >= 0.3 is 0 Å². The van der Waals surface area contributed by atoms with Crippen molar-refractivity contribution in [3.05, 3.63) is 103 Å². The standard InChI is InChI=1S/C25H19N5/c1-2-6-19(7-3-1)27-20-10-12-21(13-11-20)28-25-22-8-4-5-9-23(22)29-24(30-25)18-14-16-26-17-15-18/h1-17,27H,(H,28,29,30). The zero-order chi connectivity index (χ0) is 20.2. The van der Waals surface area contributed by atoms with E-state index >= 15 is 0 Å². The van der Waals surface area contributed by atoms with Gasteiger partial charge in [0, 0.05) is 40.4 Å². The molecular formula is C25H19N5. The Morgan fingerprint density at radius 1 is 0.533 bits per heavy atom. The van der Waals surface area contributed by atoms with E-state index in [1.165, 1.54) is 0 Å². The Morgan fingerprint density at radius 3 is 1.93 bits per heavy atom. The van der Waals surface area contributed by atoms with Crippen LogP contribution in [0.25, 0.3) is 22.3 Å². The maximum atomic E-state index is 4.79. The molecule has 144 valence electrons. The van der Waals surface area contributed by atoms with Gasteiger partial charge in [-0.15, -0.1) is 0 Å². The maximum absolute atomic E-state index is 4.79.